The van der Waals surface area contributed by atoms with Crippen LogP contribution in [0, 0.1) is 5.92 Å². The maximum atomic E-state index is 12.6. The van der Waals surface area contributed by atoms with Crippen LogP contribution in [0.15, 0.2) is 36.9 Å². The smallest absolute Gasteiger partial charge is 0.274 e. The van der Waals surface area contributed by atoms with Gasteiger partial charge in [-0.1, -0.05) is 6.92 Å². The van der Waals surface area contributed by atoms with Crippen LogP contribution < -0.4 is 10.2 Å². The lowest BCUT2D eigenvalue weighted by Gasteiger charge is -2.23. The van der Waals surface area contributed by atoms with Crippen LogP contribution in [0.5, 0.6) is 0 Å². The van der Waals surface area contributed by atoms with Crippen LogP contribution in [0.2, 0.25) is 0 Å². The van der Waals surface area contributed by atoms with E-state index in [1.54, 1.807) is 12.4 Å². The van der Waals surface area contributed by atoms with Crippen LogP contribution in [0.25, 0.3) is 11.0 Å². The molecule has 0 atom stereocenters. The van der Waals surface area contributed by atoms with Crippen molar-refractivity contribution in [3.8, 4) is 0 Å². The van der Waals surface area contributed by atoms with Gasteiger partial charge in [-0.25, -0.2) is 15.0 Å². The third kappa shape index (κ3) is 3.66. The van der Waals surface area contributed by atoms with Crippen LogP contribution in [0.4, 0.5) is 11.5 Å². The number of hydrogen-bond acceptors (Lipinski definition) is 5. The molecule has 0 unspecified atom stereocenters. The molecule has 2 heterocycles. The molecule has 1 amide bonds. The normalized spacial score (nSPS) is 13.7. The molecule has 7 heteroatoms. The standard InChI is InChI=1S/C19H22N6O/c1-2-7-25(10-13-3-4-13)18-9-17(22-12-23-18)19(26)24-14-5-6-15-16(8-14)21-11-20-15/h5-6,8-9,11-13H,2-4,7,10H2,1H3,(H,20,21)(H,24,26). The zero-order valence-corrected chi connectivity index (χ0v) is 14.8. The summed E-state index contributed by atoms with van der Waals surface area (Å²) in [5, 5.41) is 2.89. The zero-order valence-electron chi connectivity index (χ0n) is 14.8. The van der Waals surface area contributed by atoms with Crippen LogP contribution in [0.1, 0.15) is 36.7 Å². The number of anilines is 2. The van der Waals surface area contributed by atoms with Crippen LogP contribution >= 0.6 is 0 Å². The van der Waals surface area contributed by atoms with Crippen molar-refractivity contribution < 1.29 is 4.79 Å². The average molecular weight is 350 g/mol. The molecular weight excluding hydrogens is 328 g/mol. The number of aromatic amines is 1. The fraction of sp³-hybridized carbons (Fsp3) is 0.368. The predicted molar refractivity (Wildman–Crippen MR) is 101 cm³/mol. The van der Waals surface area contributed by atoms with Gasteiger partial charge in [0.15, 0.2) is 0 Å². The first-order valence-electron chi connectivity index (χ1n) is 9.04. The molecule has 26 heavy (non-hydrogen) atoms. The summed E-state index contributed by atoms with van der Waals surface area (Å²) in [7, 11) is 0. The number of nitrogens with one attached hydrogen (secondary N) is 2. The Balaban J connectivity index is 1.51. The average Bonchev–Trinajstić information content (AvgIpc) is 3.35. The number of rotatable bonds is 7. The third-order valence-electron chi connectivity index (χ3n) is 4.56. The van der Waals surface area contributed by atoms with E-state index in [0.29, 0.717) is 11.4 Å². The first-order chi connectivity index (χ1) is 12.7. The van der Waals surface area contributed by atoms with E-state index in [9.17, 15) is 4.79 Å². The summed E-state index contributed by atoms with van der Waals surface area (Å²) in [5.41, 5.74) is 2.81. The van der Waals surface area contributed by atoms with Gasteiger partial charge in [-0.05, 0) is 43.4 Å². The highest BCUT2D eigenvalue weighted by Gasteiger charge is 2.25. The van der Waals surface area contributed by atoms with Gasteiger partial charge in [0.2, 0.25) is 0 Å². The number of amides is 1. The molecule has 1 saturated carbocycles. The van der Waals surface area contributed by atoms with Gasteiger partial charge in [0.05, 0.1) is 17.4 Å². The number of hydrogen-bond donors (Lipinski definition) is 2. The van der Waals surface area contributed by atoms with Gasteiger partial charge in [-0.2, -0.15) is 0 Å². The van der Waals surface area contributed by atoms with Gasteiger partial charge in [-0.15, -0.1) is 0 Å². The zero-order chi connectivity index (χ0) is 17.9. The Morgan fingerprint density at radius 3 is 2.96 bits per heavy atom. The van der Waals surface area contributed by atoms with E-state index in [4.69, 9.17) is 0 Å². The number of carbonyl (C=O) groups is 1. The highest BCUT2D eigenvalue weighted by molar-refractivity contribution is 6.04. The molecule has 0 aliphatic heterocycles. The predicted octanol–water partition coefficient (Wildman–Crippen LogP) is 3.23. The summed E-state index contributed by atoms with van der Waals surface area (Å²) >= 11 is 0. The van der Waals surface area contributed by atoms with Gasteiger partial charge < -0.3 is 15.2 Å². The van der Waals surface area contributed by atoms with E-state index in [1.165, 1.54) is 19.2 Å². The molecule has 1 aromatic carbocycles. The Labute approximate surface area is 151 Å². The Bertz CT molecular complexity index is 917. The molecule has 1 fully saturated rings. The first kappa shape index (κ1) is 16.5. The summed E-state index contributed by atoms with van der Waals surface area (Å²) in [5.74, 6) is 1.34. The lowest BCUT2D eigenvalue weighted by atomic mass is 10.2. The highest BCUT2D eigenvalue weighted by atomic mass is 16.1. The van der Waals surface area contributed by atoms with E-state index in [2.05, 4.69) is 37.1 Å². The van der Waals surface area contributed by atoms with E-state index in [1.807, 2.05) is 18.2 Å². The van der Waals surface area contributed by atoms with Gasteiger partial charge in [0.25, 0.3) is 5.91 Å². The van der Waals surface area contributed by atoms with Crippen LogP contribution in [-0.2, 0) is 0 Å². The topological polar surface area (TPSA) is 86.8 Å². The summed E-state index contributed by atoms with van der Waals surface area (Å²) in [6.07, 6.45) is 6.72. The maximum Gasteiger partial charge on any atom is 0.274 e. The van der Waals surface area contributed by atoms with Crippen molar-refractivity contribution >= 4 is 28.4 Å². The Hall–Kier alpha value is -2.96. The van der Waals surface area contributed by atoms with Crippen molar-refractivity contribution in [2.45, 2.75) is 26.2 Å². The number of fused-ring (bicyclic) bond motifs is 1. The maximum absolute atomic E-state index is 12.6. The molecule has 4 rings (SSSR count). The Morgan fingerprint density at radius 2 is 2.15 bits per heavy atom. The SMILES string of the molecule is CCCN(CC1CC1)c1cc(C(=O)Nc2ccc3[nH]cnc3c2)ncn1. The molecular formula is C19H22N6O. The van der Waals surface area contributed by atoms with Crippen molar-refractivity contribution in [2.24, 2.45) is 5.92 Å². The number of H-pyrrole nitrogens is 1. The fourth-order valence-corrected chi connectivity index (χ4v) is 3.03. The largest absolute Gasteiger partial charge is 0.356 e. The molecule has 0 saturated heterocycles. The van der Waals surface area contributed by atoms with E-state index in [0.717, 1.165) is 42.3 Å². The number of carbonyl (C=O) groups excluding carboxylic acids is 1. The molecule has 7 nitrogen and oxygen atoms in total. The molecule has 134 valence electrons. The quantitative estimate of drug-likeness (QED) is 0.683. The summed E-state index contributed by atoms with van der Waals surface area (Å²) in [4.78, 5) is 30.6. The van der Waals surface area contributed by atoms with Gasteiger partial charge in [-0.3, -0.25) is 4.79 Å². The lowest BCUT2D eigenvalue weighted by Crippen LogP contribution is -2.28. The minimum Gasteiger partial charge on any atom is -0.356 e. The van der Waals surface area contributed by atoms with Crippen molar-refractivity contribution in [3.63, 3.8) is 0 Å². The second-order valence-corrected chi connectivity index (χ2v) is 6.74. The molecule has 3 aromatic rings. The van der Waals surface area contributed by atoms with E-state index >= 15 is 0 Å². The van der Waals surface area contributed by atoms with Crippen LogP contribution in [0.3, 0.4) is 0 Å². The van der Waals surface area contributed by atoms with E-state index < -0.39 is 0 Å². The molecule has 1 aliphatic rings. The Morgan fingerprint density at radius 1 is 1.27 bits per heavy atom. The second-order valence-electron chi connectivity index (χ2n) is 6.74. The minimum atomic E-state index is -0.244. The third-order valence-corrected chi connectivity index (χ3v) is 4.56. The number of nitrogens with zero attached hydrogens (tertiary/aromatic N) is 4. The summed E-state index contributed by atoms with van der Waals surface area (Å²) in [6, 6.07) is 7.35. The highest BCUT2D eigenvalue weighted by Crippen LogP contribution is 2.31. The molecule has 0 radical (unpaired) electrons. The summed E-state index contributed by atoms with van der Waals surface area (Å²) in [6.45, 7) is 4.09. The van der Waals surface area contributed by atoms with Gasteiger partial charge in [0, 0.05) is 24.8 Å². The number of aromatic nitrogens is 4. The van der Waals surface area contributed by atoms with Gasteiger partial charge in [0.1, 0.15) is 17.8 Å². The van der Waals surface area contributed by atoms with Crippen molar-refractivity contribution in [2.75, 3.05) is 23.3 Å². The van der Waals surface area contributed by atoms with E-state index in [-0.39, 0.29) is 5.91 Å². The number of imidazole rings is 1. The van der Waals surface area contributed by atoms with Gasteiger partial charge >= 0.3 is 0 Å². The monoisotopic (exact) mass is 350 g/mol. The molecule has 0 spiro atoms. The van der Waals surface area contributed by atoms with Crippen LogP contribution in [-0.4, -0.2) is 38.9 Å². The van der Waals surface area contributed by atoms with Crippen molar-refractivity contribution in [3.05, 3.63) is 42.6 Å². The lowest BCUT2D eigenvalue weighted by molar-refractivity contribution is 0.102. The number of benzene rings is 1. The van der Waals surface area contributed by atoms with Crippen molar-refractivity contribution in [1.82, 2.24) is 19.9 Å². The van der Waals surface area contributed by atoms with Crippen molar-refractivity contribution in [1.29, 1.82) is 0 Å². The molecule has 0 bridgehead atoms. The fourth-order valence-electron chi connectivity index (χ4n) is 3.03. The molecule has 2 aromatic heterocycles. The molecule has 1 aliphatic carbocycles. The minimum absolute atomic E-state index is 0.244. The second kappa shape index (κ2) is 7.11. The molecule has 2 N–H and O–H groups in total. The summed E-state index contributed by atoms with van der Waals surface area (Å²) < 4.78 is 0. The first-order valence-corrected chi connectivity index (χ1v) is 9.04. The Kier molecular flexibility index (Phi) is 4.51.